The second-order valence-corrected chi connectivity index (χ2v) is 6.00. The zero-order valence-electron chi connectivity index (χ0n) is 9.09. The largest absolute Gasteiger partial charge is 0.371 e. The lowest BCUT2D eigenvalue weighted by atomic mass is 9.99. The van der Waals surface area contributed by atoms with Crippen molar-refractivity contribution in [2.75, 3.05) is 7.11 Å². The van der Waals surface area contributed by atoms with Gasteiger partial charge in [0.2, 0.25) is 0 Å². The van der Waals surface area contributed by atoms with Crippen molar-refractivity contribution in [2.24, 2.45) is 0 Å². The topological polar surface area (TPSA) is 9.23 Å². The van der Waals surface area contributed by atoms with E-state index in [2.05, 4.69) is 26.8 Å². The molecule has 0 aromatic carbocycles. The molecule has 1 saturated heterocycles. The maximum absolute atomic E-state index is 5.26. The van der Waals surface area contributed by atoms with E-state index < -0.39 is 0 Å². The highest BCUT2D eigenvalue weighted by Gasteiger charge is 2.40. The van der Waals surface area contributed by atoms with Crippen molar-refractivity contribution in [1.29, 1.82) is 0 Å². The van der Waals surface area contributed by atoms with Crippen molar-refractivity contribution < 1.29 is 4.74 Å². The van der Waals surface area contributed by atoms with Crippen molar-refractivity contribution >= 4 is 11.8 Å². The molecule has 0 saturated carbocycles. The van der Waals surface area contributed by atoms with Gasteiger partial charge in [0.25, 0.3) is 0 Å². The SMILES string of the molecule is COC1CC(C)(CCC=C(C)C)S1. The van der Waals surface area contributed by atoms with Crippen molar-refractivity contribution in [3.63, 3.8) is 0 Å². The molecule has 1 rings (SSSR count). The molecule has 0 aromatic heterocycles. The van der Waals surface area contributed by atoms with Gasteiger partial charge in [0.1, 0.15) is 5.44 Å². The number of methoxy groups -OCH3 is 1. The third kappa shape index (κ3) is 3.35. The Morgan fingerprint density at radius 2 is 2.23 bits per heavy atom. The van der Waals surface area contributed by atoms with Crippen molar-refractivity contribution in [3.8, 4) is 0 Å². The van der Waals surface area contributed by atoms with E-state index in [1.54, 1.807) is 7.11 Å². The van der Waals surface area contributed by atoms with Gasteiger partial charge in [-0.15, -0.1) is 11.8 Å². The molecule has 1 nitrogen and oxygen atoms in total. The summed E-state index contributed by atoms with van der Waals surface area (Å²) in [4.78, 5) is 0. The molecule has 0 aromatic rings. The molecule has 0 spiro atoms. The second-order valence-electron chi connectivity index (χ2n) is 4.26. The van der Waals surface area contributed by atoms with Gasteiger partial charge >= 0.3 is 0 Å². The minimum Gasteiger partial charge on any atom is -0.371 e. The van der Waals surface area contributed by atoms with Crippen LogP contribution in [0.15, 0.2) is 11.6 Å². The van der Waals surface area contributed by atoms with Crippen LogP contribution in [0.1, 0.15) is 40.0 Å². The maximum atomic E-state index is 5.26. The highest BCUT2D eigenvalue weighted by molar-refractivity contribution is 8.02. The second kappa shape index (κ2) is 4.52. The van der Waals surface area contributed by atoms with Crippen LogP contribution in [0.25, 0.3) is 0 Å². The Morgan fingerprint density at radius 1 is 1.62 bits per heavy atom. The zero-order valence-corrected chi connectivity index (χ0v) is 9.91. The van der Waals surface area contributed by atoms with E-state index in [4.69, 9.17) is 4.74 Å². The molecule has 0 radical (unpaired) electrons. The van der Waals surface area contributed by atoms with Gasteiger partial charge < -0.3 is 4.74 Å². The number of ether oxygens (including phenoxy) is 1. The summed E-state index contributed by atoms with van der Waals surface area (Å²) in [5.41, 5.74) is 1.88. The van der Waals surface area contributed by atoms with Crippen molar-refractivity contribution in [3.05, 3.63) is 11.6 Å². The smallest absolute Gasteiger partial charge is 0.104 e. The summed E-state index contributed by atoms with van der Waals surface area (Å²) < 4.78 is 5.74. The molecule has 1 heterocycles. The van der Waals surface area contributed by atoms with Crippen LogP contribution in [0.4, 0.5) is 0 Å². The minimum atomic E-state index is 0.455. The monoisotopic (exact) mass is 200 g/mol. The van der Waals surface area contributed by atoms with Crippen LogP contribution in [0.2, 0.25) is 0 Å². The molecule has 2 atom stereocenters. The highest BCUT2D eigenvalue weighted by atomic mass is 32.2. The summed E-state index contributed by atoms with van der Waals surface area (Å²) in [5.74, 6) is 0. The van der Waals surface area contributed by atoms with Crippen LogP contribution in [0, 0.1) is 0 Å². The highest BCUT2D eigenvalue weighted by Crippen LogP contribution is 2.49. The van der Waals surface area contributed by atoms with Gasteiger partial charge in [0.15, 0.2) is 0 Å². The van der Waals surface area contributed by atoms with Gasteiger partial charge in [-0.2, -0.15) is 0 Å². The molecular weight excluding hydrogens is 180 g/mol. The van der Waals surface area contributed by atoms with Crippen LogP contribution in [0.3, 0.4) is 0 Å². The number of rotatable bonds is 4. The number of hydrogen-bond acceptors (Lipinski definition) is 2. The average molecular weight is 200 g/mol. The lowest BCUT2D eigenvalue weighted by Crippen LogP contribution is -2.38. The fourth-order valence-corrected chi connectivity index (χ4v) is 2.99. The van der Waals surface area contributed by atoms with E-state index in [1.807, 2.05) is 11.8 Å². The molecule has 2 unspecified atom stereocenters. The van der Waals surface area contributed by atoms with Crippen LogP contribution in [-0.2, 0) is 4.74 Å². The van der Waals surface area contributed by atoms with Crippen molar-refractivity contribution in [2.45, 2.75) is 50.2 Å². The summed E-state index contributed by atoms with van der Waals surface area (Å²) in [6.45, 7) is 6.66. The molecule has 76 valence electrons. The van der Waals surface area contributed by atoms with Gasteiger partial charge in [-0.3, -0.25) is 0 Å². The molecule has 0 bridgehead atoms. The summed E-state index contributed by atoms with van der Waals surface area (Å²) in [5, 5.41) is 0. The van der Waals surface area contributed by atoms with Gasteiger partial charge in [-0.25, -0.2) is 0 Å². The molecule has 0 amide bonds. The van der Waals surface area contributed by atoms with Gasteiger partial charge in [0.05, 0.1) is 0 Å². The number of allylic oxidation sites excluding steroid dienone is 2. The predicted octanol–water partition coefficient (Wildman–Crippen LogP) is 3.60. The predicted molar refractivity (Wildman–Crippen MR) is 60.1 cm³/mol. The van der Waals surface area contributed by atoms with Gasteiger partial charge in [-0.1, -0.05) is 18.6 Å². The third-order valence-electron chi connectivity index (χ3n) is 2.50. The first-order chi connectivity index (χ1) is 6.06. The number of hydrogen-bond donors (Lipinski definition) is 0. The summed E-state index contributed by atoms with van der Waals surface area (Å²) in [6.07, 6.45) is 6.03. The first-order valence-electron chi connectivity index (χ1n) is 4.90. The Hall–Kier alpha value is 0.0500. The normalized spacial score (nSPS) is 32.5. The molecule has 13 heavy (non-hydrogen) atoms. The molecule has 1 aliphatic heterocycles. The molecule has 2 heteroatoms. The lowest BCUT2D eigenvalue weighted by molar-refractivity contribution is 0.135. The zero-order chi connectivity index (χ0) is 9.90. The molecule has 1 aliphatic rings. The maximum Gasteiger partial charge on any atom is 0.104 e. The first-order valence-corrected chi connectivity index (χ1v) is 5.78. The Balaban J connectivity index is 2.20. The van der Waals surface area contributed by atoms with Crippen LogP contribution < -0.4 is 0 Å². The fourth-order valence-electron chi connectivity index (χ4n) is 1.62. The van der Waals surface area contributed by atoms with E-state index in [1.165, 1.54) is 24.8 Å². The summed E-state index contributed by atoms with van der Waals surface area (Å²) in [6, 6.07) is 0. The lowest BCUT2D eigenvalue weighted by Gasteiger charge is -2.43. The van der Waals surface area contributed by atoms with E-state index in [-0.39, 0.29) is 0 Å². The third-order valence-corrected chi connectivity index (χ3v) is 4.06. The Labute approximate surface area is 85.9 Å². The van der Waals surface area contributed by atoms with E-state index in [9.17, 15) is 0 Å². The van der Waals surface area contributed by atoms with Crippen LogP contribution in [0.5, 0.6) is 0 Å². The van der Waals surface area contributed by atoms with Crippen LogP contribution in [-0.4, -0.2) is 17.3 Å². The quantitative estimate of drug-likeness (QED) is 0.641. The van der Waals surface area contributed by atoms with E-state index in [0.29, 0.717) is 10.2 Å². The van der Waals surface area contributed by atoms with Crippen molar-refractivity contribution in [1.82, 2.24) is 0 Å². The Morgan fingerprint density at radius 3 is 2.69 bits per heavy atom. The summed E-state index contributed by atoms with van der Waals surface area (Å²) in [7, 11) is 1.80. The number of thioether (sulfide) groups is 1. The molecule has 0 N–H and O–H groups in total. The van der Waals surface area contributed by atoms with Crippen LogP contribution >= 0.6 is 11.8 Å². The van der Waals surface area contributed by atoms with Gasteiger partial charge in [0, 0.05) is 11.9 Å². The fraction of sp³-hybridized carbons (Fsp3) is 0.818. The van der Waals surface area contributed by atoms with E-state index >= 15 is 0 Å². The molecular formula is C11H20OS. The minimum absolute atomic E-state index is 0.455. The first kappa shape index (κ1) is 11.1. The summed E-state index contributed by atoms with van der Waals surface area (Å²) >= 11 is 1.98. The molecule has 0 aliphatic carbocycles. The molecule has 1 fully saturated rings. The standard InChI is InChI=1S/C11H20OS/c1-9(2)6-5-7-11(3)8-10(12-4)13-11/h6,10H,5,7-8H2,1-4H3. The average Bonchev–Trinajstić information content (AvgIpc) is 1.98. The van der Waals surface area contributed by atoms with Gasteiger partial charge in [-0.05, 0) is 33.1 Å². The Bertz CT molecular complexity index is 188. The van der Waals surface area contributed by atoms with E-state index in [0.717, 1.165) is 0 Å². The Kier molecular flexibility index (Phi) is 3.87.